The zero-order valence-electron chi connectivity index (χ0n) is 16.8. The summed E-state index contributed by atoms with van der Waals surface area (Å²) < 4.78 is 12.5. The molecule has 0 spiro atoms. The lowest BCUT2D eigenvalue weighted by Gasteiger charge is -2.15. The van der Waals surface area contributed by atoms with Gasteiger partial charge in [0.25, 0.3) is 0 Å². The fourth-order valence-corrected chi connectivity index (χ4v) is 3.57. The molecule has 0 saturated heterocycles. The van der Waals surface area contributed by atoms with Gasteiger partial charge in [0.15, 0.2) is 11.5 Å². The number of hydrogen-bond donors (Lipinski definition) is 1. The van der Waals surface area contributed by atoms with Gasteiger partial charge in [-0.05, 0) is 64.6 Å². The van der Waals surface area contributed by atoms with Crippen LogP contribution in [-0.4, -0.2) is 13.7 Å². The summed E-state index contributed by atoms with van der Waals surface area (Å²) in [7, 11) is 1.67. The molecule has 0 aliphatic rings. The molecule has 0 saturated carbocycles. The summed E-state index contributed by atoms with van der Waals surface area (Å²) in [6, 6.07) is 23.0. The van der Waals surface area contributed by atoms with E-state index in [4.69, 9.17) is 9.47 Å². The molecular weight excluding hydrogens is 450 g/mol. The number of benzene rings is 3. The second kappa shape index (κ2) is 11.9. The first kappa shape index (κ1) is 23.3. The average Bonchev–Trinajstić information content (AvgIpc) is 2.72. The van der Waals surface area contributed by atoms with Gasteiger partial charge in [0.1, 0.15) is 6.61 Å². The molecule has 0 radical (unpaired) electrons. The predicted octanol–water partition coefficient (Wildman–Crippen LogP) is 6.10. The van der Waals surface area contributed by atoms with Crippen LogP contribution in [0.5, 0.6) is 11.5 Å². The first-order chi connectivity index (χ1) is 13.7. The minimum absolute atomic E-state index is 0. The van der Waals surface area contributed by atoms with Crippen LogP contribution >= 0.6 is 28.3 Å². The van der Waals surface area contributed by atoms with Crippen LogP contribution in [0.2, 0.25) is 0 Å². The van der Waals surface area contributed by atoms with Gasteiger partial charge in [-0.3, -0.25) is 0 Å². The maximum atomic E-state index is 6.03. The summed E-state index contributed by atoms with van der Waals surface area (Å²) in [6.45, 7) is 4.29. The Kier molecular flexibility index (Phi) is 9.52. The van der Waals surface area contributed by atoms with E-state index in [-0.39, 0.29) is 12.4 Å². The van der Waals surface area contributed by atoms with Crippen molar-refractivity contribution in [1.82, 2.24) is 5.32 Å². The van der Waals surface area contributed by atoms with Crippen LogP contribution in [-0.2, 0) is 19.6 Å². The summed E-state index contributed by atoms with van der Waals surface area (Å²) in [4.78, 5) is 0. The third kappa shape index (κ3) is 7.07. The van der Waals surface area contributed by atoms with Crippen molar-refractivity contribution in [3.05, 3.63) is 93.5 Å². The molecule has 3 aromatic rings. The molecule has 0 fully saturated rings. The molecule has 29 heavy (non-hydrogen) atoms. The van der Waals surface area contributed by atoms with Gasteiger partial charge in [0.05, 0.1) is 11.6 Å². The molecule has 0 aromatic heterocycles. The Hall–Kier alpha value is -2.01. The van der Waals surface area contributed by atoms with Gasteiger partial charge in [0, 0.05) is 6.54 Å². The highest BCUT2D eigenvalue weighted by Crippen LogP contribution is 2.37. The minimum Gasteiger partial charge on any atom is -0.493 e. The normalized spacial score (nSPS) is 10.3. The largest absolute Gasteiger partial charge is 0.493 e. The van der Waals surface area contributed by atoms with Crippen LogP contribution in [0.25, 0.3) is 0 Å². The van der Waals surface area contributed by atoms with E-state index in [0.717, 1.165) is 46.6 Å². The van der Waals surface area contributed by atoms with Crippen molar-refractivity contribution < 1.29 is 9.47 Å². The summed E-state index contributed by atoms with van der Waals surface area (Å²) in [5, 5.41) is 3.49. The van der Waals surface area contributed by atoms with Gasteiger partial charge >= 0.3 is 0 Å². The van der Waals surface area contributed by atoms with Crippen LogP contribution < -0.4 is 14.8 Å². The molecule has 0 amide bonds. The molecule has 5 heteroatoms. The van der Waals surface area contributed by atoms with E-state index in [2.05, 4.69) is 82.8 Å². The Morgan fingerprint density at radius 3 is 2.31 bits per heavy atom. The Balaban J connectivity index is 0.00000300. The fourth-order valence-electron chi connectivity index (χ4n) is 2.97. The third-order valence-corrected chi connectivity index (χ3v) is 5.14. The standard InChI is InChI=1S/C24H26BrNO2.ClH/c1-18-8-10-20(11-9-18)17-28-24-22(25)14-21(15-23(24)27-2)16-26-13-12-19-6-4-3-5-7-19;/h3-11,14-15,26H,12-13,16-17H2,1-2H3;1H. The van der Waals surface area contributed by atoms with Crippen molar-refractivity contribution >= 4 is 28.3 Å². The molecule has 1 N–H and O–H groups in total. The van der Waals surface area contributed by atoms with Crippen molar-refractivity contribution in [2.75, 3.05) is 13.7 Å². The number of rotatable bonds is 9. The van der Waals surface area contributed by atoms with E-state index >= 15 is 0 Å². The van der Waals surface area contributed by atoms with Crippen LogP contribution in [0.15, 0.2) is 71.2 Å². The molecular formula is C24H27BrClNO2. The number of hydrogen-bond acceptors (Lipinski definition) is 3. The quantitative estimate of drug-likeness (QED) is 0.379. The van der Waals surface area contributed by atoms with Crippen molar-refractivity contribution in [2.24, 2.45) is 0 Å². The first-order valence-electron chi connectivity index (χ1n) is 9.45. The summed E-state index contributed by atoms with van der Waals surface area (Å²) >= 11 is 3.64. The Morgan fingerprint density at radius 1 is 0.897 bits per heavy atom. The summed E-state index contributed by atoms with van der Waals surface area (Å²) in [5.41, 5.74) is 4.87. The Labute approximate surface area is 188 Å². The monoisotopic (exact) mass is 475 g/mol. The second-order valence-electron chi connectivity index (χ2n) is 6.80. The van der Waals surface area contributed by atoms with Gasteiger partial charge in [-0.15, -0.1) is 12.4 Å². The van der Waals surface area contributed by atoms with Crippen molar-refractivity contribution in [2.45, 2.75) is 26.5 Å². The number of halogens is 2. The lowest BCUT2D eigenvalue weighted by Crippen LogP contribution is -2.16. The molecule has 0 heterocycles. The maximum absolute atomic E-state index is 6.03. The Bertz CT molecular complexity index is 885. The summed E-state index contributed by atoms with van der Waals surface area (Å²) in [5.74, 6) is 1.47. The molecule has 0 aliphatic carbocycles. The van der Waals surface area contributed by atoms with Crippen molar-refractivity contribution in [3.63, 3.8) is 0 Å². The lowest BCUT2D eigenvalue weighted by molar-refractivity contribution is 0.282. The van der Waals surface area contributed by atoms with Crippen LogP contribution in [0.3, 0.4) is 0 Å². The first-order valence-corrected chi connectivity index (χ1v) is 10.2. The highest BCUT2D eigenvalue weighted by atomic mass is 79.9. The van der Waals surface area contributed by atoms with E-state index in [1.165, 1.54) is 11.1 Å². The SMILES string of the molecule is COc1cc(CNCCc2ccccc2)cc(Br)c1OCc1ccc(C)cc1.Cl. The zero-order chi connectivity index (χ0) is 19.8. The van der Waals surface area contributed by atoms with Crippen molar-refractivity contribution in [1.29, 1.82) is 0 Å². The summed E-state index contributed by atoms with van der Waals surface area (Å²) in [6.07, 6.45) is 1.01. The van der Waals surface area contributed by atoms with E-state index in [0.29, 0.717) is 6.61 Å². The highest BCUT2D eigenvalue weighted by Gasteiger charge is 2.12. The van der Waals surface area contributed by atoms with Crippen LogP contribution in [0, 0.1) is 6.92 Å². The van der Waals surface area contributed by atoms with E-state index < -0.39 is 0 Å². The predicted molar refractivity (Wildman–Crippen MR) is 125 cm³/mol. The number of ether oxygens (including phenoxy) is 2. The topological polar surface area (TPSA) is 30.5 Å². The third-order valence-electron chi connectivity index (χ3n) is 4.56. The van der Waals surface area contributed by atoms with Crippen LogP contribution in [0.4, 0.5) is 0 Å². The molecule has 3 nitrogen and oxygen atoms in total. The van der Waals surface area contributed by atoms with Crippen LogP contribution in [0.1, 0.15) is 22.3 Å². The smallest absolute Gasteiger partial charge is 0.175 e. The highest BCUT2D eigenvalue weighted by molar-refractivity contribution is 9.10. The maximum Gasteiger partial charge on any atom is 0.175 e. The number of methoxy groups -OCH3 is 1. The number of nitrogens with one attached hydrogen (secondary N) is 1. The van der Waals surface area contributed by atoms with Gasteiger partial charge in [0.2, 0.25) is 0 Å². The van der Waals surface area contributed by atoms with Gasteiger partial charge < -0.3 is 14.8 Å². The van der Waals surface area contributed by atoms with Gasteiger partial charge in [-0.25, -0.2) is 0 Å². The van der Waals surface area contributed by atoms with E-state index in [1.807, 2.05) is 12.1 Å². The zero-order valence-corrected chi connectivity index (χ0v) is 19.2. The molecule has 0 unspecified atom stereocenters. The van der Waals surface area contributed by atoms with Gasteiger partial charge in [-0.2, -0.15) is 0 Å². The molecule has 3 aromatic carbocycles. The lowest BCUT2D eigenvalue weighted by atomic mass is 10.1. The minimum atomic E-state index is 0. The molecule has 3 rings (SSSR count). The average molecular weight is 477 g/mol. The Morgan fingerprint density at radius 2 is 1.62 bits per heavy atom. The van der Waals surface area contributed by atoms with E-state index in [1.54, 1.807) is 7.11 Å². The van der Waals surface area contributed by atoms with Crippen molar-refractivity contribution in [3.8, 4) is 11.5 Å². The molecule has 154 valence electrons. The molecule has 0 bridgehead atoms. The van der Waals surface area contributed by atoms with Gasteiger partial charge in [-0.1, -0.05) is 60.2 Å². The molecule has 0 atom stereocenters. The molecule has 0 aliphatic heterocycles. The second-order valence-corrected chi connectivity index (χ2v) is 7.65. The van der Waals surface area contributed by atoms with E-state index in [9.17, 15) is 0 Å². The number of aryl methyl sites for hydroxylation is 1. The fraction of sp³-hybridized carbons (Fsp3) is 0.250.